The van der Waals surface area contributed by atoms with Crippen LogP contribution in [0.4, 0.5) is 0 Å². The van der Waals surface area contributed by atoms with Gasteiger partial charge in [0.05, 0.1) is 19.3 Å². The highest BCUT2D eigenvalue weighted by molar-refractivity contribution is 6.30. The molecule has 0 rings (SSSR count). The molecule has 0 spiro atoms. The van der Waals surface area contributed by atoms with Gasteiger partial charge in [-0.1, -0.05) is 25.1 Å². The monoisotopic (exact) mass is 176 g/mol. The molecule has 0 unspecified atom stereocenters. The molecular weight excluding hydrogens is 164 g/mol. The lowest BCUT2D eigenvalue weighted by Gasteiger charge is -2.09. The fraction of sp³-hybridized carbons (Fsp3) is 0.500. The van der Waals surface area contributed by atoms with Crippen LogP contribution in [0.25, 0.3) is 0 Å². The van der Waals surface area contributed by atoms with E-state index in [0.717, 1.165) is 0 Å². The Labute approximate surface area is 72.4 Å². The van der Waals surface area contributed by atoms with E-state index in [1.165, 1.54) is 14.2 Å². The standard InChI is InChI=1S/C8H13ClO2/c1-5-7(9)8(11-4)6(2)10-3/h2,5H2,1,3-4H3/b8-7-. The Morgan fingerprint density at radius 3 is 2.18 bits per heavy atom. The molecule has 2 nitrogen and oxygen atoms in total. The molecule has 0 aliphatic rings. The molecule has 0 radical (unpaired) electrons. The van der Waals surface area contributed by atoms with Gasteiger partial charge in [0.1, 0.15) is 0 Å². The molecule has 0 aromatic heterocycles. The molecule has 0 aromatic rings. The van der Waals surface area contributed by atoms with Crippen molar-refractivity contribution in [3.05, 3.63) is 23.1 Å². The quantitative estimate of drug-likeness (QED) is 0.484. The molecule has 0 aromatic carbocycles. The van der Waals surface area contributed by atoms with Crippen LogP contribution in [0.15, 0.2) is 23.1 Å². The minimum Gasteiger partial charge on any atom is -0.493 e. The van der Waals surface area contributed by atoms with Gasteiger partial charge in [-0.3, -0.25) is 0 Å². The van der Waals surface area contributed by atoms with Crippen molar-refractivity contribution < 1.29 is 9.47 Å². The Kier molecular flexibility index (Phi) is 4.79. The maximum Gasteiger partial charge on any atom is 0.174 e. The van der Waals surface area contributed by atoms with Crippen LogP contribution >= 0.6 is 11.6 Å². The van der Waals surface area contributed by atoms with Crippen molar-refractivity contribution in [2.75, 3.05) is 14.2 Å². The van der Waals surface area contributed by atoms with E-state index in [-0.39, 0.29) is 0 Å². The zero-order valence-electron chi connectivity index (χ0n) is 7.11. The second kappa shape index (κ2) is 5.08. The summed E-state index contributed by atoms with van der Waals surface area (Å²) < 4.78 is 9.84. The minimum atomic E-state index is 0.458. The number of methoxy groups -OCH3 is 2. The second-order valence-electron chi connectivity index (χ2n) is 1.92. The van der Waals surface area contributed by atoms with Crippen molar-refractivity contribution in [2.24, 2.45) is 0 Å². The first-order valence-corrected chi connectivity index (χ1v) is 3.71. The number of ether oxygens (including phenoxy) is 2. The molecule has 0 aliphatic heterocycles. The third kappa shape index (κ3) is 2.85. The number of rotatable bonds is 4. The van der Waals surface area contributed by atoms with Gasteiger partial charge in [0.25, 0.3) is 0 Å². The van der Waals surface area contributed by atoms with Crippen molar-refractivity contribution >= 4 is 11.6 Å². The van der Waals surface area contributed by atoms with Crippen LogP contribution in [0, 0.1) is 0 Å². The summed E-state index contributed by atoms with van der Waals surface area (Å²) in [7, 11) is 3.07. The van der Waals surface area contributed by atoms with E-state index in [9.17, 15) is 0 Å². The number of hydrogen-bond acceptors (Lipinski definition) is 2. The predicted octanol–water partition coefficient (Wildman–Crippen LogP) is 2.65. The van der Waals surface area contributed by atoms with Crippen LogP contribution in [0.2, 0.25) is 0 Å². The van der Waals surface area contributed by atoms with Crippen LogP contribution in [-0.4, -0.2) is 14.2 Å². The lowest BCUT2D eigenvalue weighted by atomic mass is 10.3. The van der Waals surface area contributed by atoms with Crippen molar-refractivity contribution in [1.29, 1.82) is 0 Å². The molecule has 0 saturated carbocycles. The fourth-order valence-electron chi connectivity index (χ4n) is 0.629. The van der Waals surface area contributed by atoms with Gasteiger partial charge in [0, 0.05) is 0 Å². The van der Waals surface area contributed by atoms with Crippen LogP contribution in [-0.2, 0) is 9.47 Å². The molecule has 0 atom stereocenters. The molecule has 0 N–H and O–H groups in total. The molecule has 0 amide bonds. The lowest BCUT2D eigenvalue weighted by Crippen LogP contribution is -1.95. The average Bonchev–Trinajstić information content (AvgIpc) is 2.05. The summed E-state index contributed by atoms with van der Waals surface area (Å²) >= 11 is 5.82. The van der Waals surface area contributed by atoms with Crippen LogP contribution in [0.1, 0.15) is 13.3 Å². The summed E-state index contributed by atoms with van der Waals surface area (Å²) in [6.07, 6.45) is 0.715. The fourth-order valence-corrected chi connectivity index (χ4v) is 0.812. The van der Waals surface area contributed by atoms with E-state index in [2.05, 4.69) is 6.58 Å². The van der Waals surface area contributed by atoms with Crippen molar-refractivity contribution in [3.8, 4) is 0 Å². The highest BCUT2D eigenvalue weighted by Crippen LogP contribution is 2.20. The van der Waals surface area contributed by atoms with Gasteiger partial charge in [0.2, 0.25) is 0 Å². The topological polar surface area (TPSA) is 18.5 Å². The molecule has 3 heteroatoms. The van der Waals surface area contributed by atoms with E-state index in [1.54, 1.807) is 0 Å². The van der Waals surface area contributed by atoms with Gasteiger partial charge < -0.3 is 9.47 Å². The zero-order chi connectivity index (χ0) is 8.85. The Morgan fingerprint density at radius 2 is 1.91 bits per heavy atom. The SMILES string of the molecule is C=C(OC)/C(OC)=C(/Cl)CC. The zero-order valence-corrected chi connectivity index (χ0v) is 7.86. The summed E-state index contributed by atoms with van der Waals surface area (Å²) in [5, 5.41) is 0.624. The molecule has 0 saturated heterocycles. The Hall–Kier alpha value is -0.630. The highest BCUT2D eigenvalue weighted by Gasteiger charge is 2.07. The Bertz CT molecular complexity index is 173. The van der Waals surface area contributed by atoms with E-state index in [1.807, 2.05) is 6.92 Å². The van der Waals surface area contributed by atoms with E-state index >= 15 is 0 Å². The third-order valence-corrected chi connectivity index (χ3v) is 1.70. The molecule has 11 heavy (non-hydrogen) atoms. The van der Waals surface area contributed by atoms with Gasteiger partial charge in [-0.05, 0) is 6.42 Å². The first-order chi connectivity index (χ1) is 5.17. The molecule has 0 heterocycles. The van der Waals surface area contributed by atoms with E-state index < -0.39 is 0 Å². The second-order valence-corrected chi connectivity index (χ2v) is 2.38. The summed E-state index contributed by atoms with van der Waals surface area (Å²) in [5.74, 6) is 0.982. The van der Waals surface area contributed by atoms with Crippen LogP contribution in [0.5, 0.6) is 0 Å². The molecule has 0 fully saturated rings. The Morgan fingerprint density at radius 1 is 1.36 bits per heavy atom. The minimum absolute atomic E-state index is 0.458. The summed E-state index contributed by atoms with van der Waals surface area (Å²) in [5.41, 5.74) is 0. The van der Waals surface area contributed by atoms with Gasteiger partial charge in [-0.2, -0.15) is 0 Å². The van der Waals surface area contributed by atoms with Gasteiger partial charge in [-0.15, -0.1) is 0 Å². The maximum atomic E-state index is 5.82. The normalized spacial score (nSPS) is 12.0. The van der Waals surface area contributed by atoms with Crippen LogP contribution < -0.4 is 0 Å². The van der Waals surface area contributed by atoms with Gasteiger partial charge >= 0.3 is 0 Å². The summed E-state index contributed by atoms with van der Waals surface area (Å²) in [6.45, 7) is 5.56. The summed E-state index contributed by atoms with van der Waals surface area (Å²) in [4.78, 5) is 0. The van der Waals surface area contributed by atoms with E-state index in [0.29, 0.717) is 23.0 Å². The first-order valence-electron chi connectivity index (χ1n) is 3.33. The van der Waals surface area contributed by atoms with E-state index in [4.69, 9.17) is 21.1 Å². The smallest absolute Gasteiger partial charge is 0.174 e. The van der Waals surface area contributed by atoms with Crippen molar-refractivity contribution in [3.63, 3.8) is 0 Å². The summed E-state index contributed by atoms with van der Waals surface area (Å²) in [6, 6.07) is 0. The molecule has 0 bridgehead atoms. The molecule has 64 valence electrons. The van der Waals surface area contributed by atoms with Crippen molar-refractivity contribution in [1.82, 2.24) is 0 Å². The number of allylic oxidation sites excluding steroid dienone is 1. The van der Waals surface area contributed by atoms with Gasteiger partial charge in [0.15, 0.2) is 11.5 Å². The highest BCUT2D eigenvalue weighted by atomic mass is 35.5. The third-order valence-electron chi connectivity index (χ3n) is 1.26. The molecule has 0 aliphatic carbocycles. The van der Waals surface area contributed by atoms with Crippen molar-refractivity contribution in [2.45, 2.75) is 13.3 Å². The lowest BCUT2D eigenvalue weighted by molar-refractivity contribution is 0.219. The predicted molar refractivity (Wildman–Crippen MR) is 46.3 cm³/mol. The van der Waals surface area contributed by atoms with Crippen LogP contribution in [0.3, 0.4) is 0 Å². The Balaban J connectivity index is 4.50. The number of hydrogen-bond donors (Lipinski definition) is 0. The largest absolute Gasteiger partial charge is 0.493 e. The number of halogens is 1. The maximum absolute atomic E-state index is 5.82. The van der Waals surface area contributed by atoms with Gasteiger partial charge in [-0.25, -0.2) is 0 Å². The molecular formula is C8H13ClO2. The average molecular weight is 177 g/mol. The first kappa shape index (κ1) is 10.4.